The Labute approximate surface area is 162 Å². The minimum absolute atomic E-state index is 0.244. The predicted molar refractivity (Wildman–Crippen MR) is 107 cm³/mol. The lowest BCUT2D eigenvalue weighted by Gasteiger charge is -2.10. The second-order valence-electron chi connectivity index (χ2n) is 6.10. The van der Waals surface area contributed by atoms with Crippen LogP contribution in [-0.4, -0.2) is 17.4 Å². The number of hydrogen-bond donors (Lipinski definition) is 2. The molecule has 3 aromatic rings. The summed E-state index contributed by atoms with van der Waals surface area (Å²) in [4.78, 5) is 16.6. The standard InChI is InChI=1S/C21H19ClFN3O/c1-14-18(22)3-2-4-19(14)26-21(27)20-13-17(10-12-25-20)24-11-9-15-5-7-16(23)8-6-15/h2-8,10,12-13H,9,11H2,1H3,(H,24,25)(H,26,27). The number of benzene rings is 2. The number of hydrogen-bond acceptors (Lipinski definition) is 3. The van der Waals surface area contributed by atoms with Crippen LogP contribution in [0.3, 0.4) is 0 Å². The molecule has 0 unspecified atom stereocenters. The topological polar surface area (TPSA) is 54.0 Å². The van der Waals surface area contributed by atoms with E-state index < -0.39 is 0 Å². The van der Waals surface area contributed by atoms with Crippen molar-refractivity contribution in [2.45, 2.75) is 13.3 Å². The monoisotopic (exact) mass is 383 g/mol. The Morgan fingerprint density at radius 2 is 1.93 bits per heavy atom. The molecular formula is C21H19ClFN3O. The van der Waals surface area contributed by atoms with Crippen LogP contribution in [0.1, 0.15) is 21.6 Å². The highest BCUT2D eigenvalue weighted by atomic mass is 35.5. The number of rotatable bonds is 6. The molecule has 0 radical (unpaired) electrons. The maximum absolute atomic E-state index is 12.9. The van der Waals surface area contributed by atoms with Gasteiger partial charge in [-0.15, -0.1) is 0 Å². The first-order chi connectivity index (χ1) is 13.0. The third kappa shape index (κ3) is 5.05. The Balaban J connectivity index is 1.61. The van der Waals surface area contributed by atoms with Gasteiger partial charge in [0.25, 0.3) is 5.91 Å². The molecule has 0 atom stereocenters. The minimum Gasteiger partial charge on any atom is -0.385 e. The molecule has 0 spiro atoms. The van der Waals surface area contributed by atoms with Gasteiger partial charge in [0.05, 0.1) is 0 Å². The SMILES string of the molecule is Cc1c(Cl)cccc1NC(=O)c1cc(NCCc2ccc(F)cc2)ccn1. The van der Waals surface area contributed by atoms with E-state index in [1.165, 1.54) is 12.1 Å². The molecule has 1 amide bonds. The summed E-state index contributed by atoms with van der Waals surface area (Å²) in [6, 6.07) is 15.3. The lowest BCUT2D eigenvalue weighted by molar-refractivity contribution is 0.102. The smallest absolute Gasteiger partial charge is 0.274 e. The predicted octanol–water partition coefficient (Wildman–Crippen LogP) is 5.09. The molecule has 0 aliphatic rings. The number of amides is 1. The van der Waals surface area contributed by atoms with Crippen LogP contribution in [0.25, 0.3) is 0 Å². The fourth-order valence-corrected chi connectivity index (χ4v) is 2.77. The average molecular weight is 384 g/mol. The molecule has 0 bridgehead atoms. The number of nitrogens with one attached hydrogen (secondary N) is 2. The molecular weight excluding hydrogens is 365 g/mol. The Morgan fingerprint density at radius 3 is 2.70 bits per heavy atom. The van der Waals surface area contributed by atoms with Crippen molar-refractivity contribution in [1.29, 1.82) is 0 Å². The van der Waals surface area contributed by atoms with Crippen LogP contribution in [0, 0.1) is 12.7 Å². The van der Waals surface area contributed by atoms with Gasteiger partial charge in [0.2, 0.25) is 0 Å². The van der Waals surface area contributed by atoms with Crippen LogP contribution < -0.4 is 10.6 Å². The third-order valence-corrected chi connectivity index (χ3v) is 4.57. The van der Waals surface area contributed by atoms with Crippen molar-refractivity contribution in [3.63, 3.8) is 0 Å². The van der Waals surface area contributed by atoms with E-state index in [1.54, 1.807) is 48.7 Å². The molecule has 0 aliphatic carbocycles. The molecule has 2 aromatic carbocycles. The highest BCUT2D eigenvalue weighted by Crippen LogP contribution is 2.23. The first-order valence-corrected chi connectivity index (χ1v) is 8.91. The van der Waals surface area contributed by atoms with E-state index in [9.17, 15) is 9.18 Å². The van der Waals surface area contributed by atoms with Crippen molar-refractivity contribution in [3.05, 3.63) is 88.5 Å². The number of anilines is 2. The lowest BCUT2D eigenvalue weighted by atomic mass is 10.1. The largest absolute Gasteiger partial charge is 0.385 e. The zero-order valence-corrected chi connectivity index (χ0v) is 15.6. The van der Waals surface area contributed by atoms with Gasteiger partial charge in [-0.05, 0) is 60.9 Å². The summed E-state index contributed by atoms with van der Waals surface area (Å²) in [6.07, 6.45) is 2.33. The van der Waals surface area contributed by atoms with Crippen LogP contribution >= 0.6 is 11.6 Å². The van der Waals surface area contributed by atoms with Crippen molar-refractivity contribution < 1.29 is 9.18 Å². The second kappa shape index (κ2) is 8.64. The van der Waals surface area contributed by atoms with Gasteiger partial charge in [0.1, 0.15) is 11.5 Å². The fraction of sp³-hybridized carbons (Fsp3) is 0.143. The summed E-state index contributed by atoms with van der Waals surface area (Å²) >= 11 is 6.09. The van der Waals surface area contributed by atoms with Gasteiger partial charge in [-0.3, -0.25) is 9.78 Å². The average Bonchev–Trinajstić information content (AvgIpc) is 2.67. The number of pyridine rings is 1. The normalized spacial score (nSPS) is 10.5. The summed E-state index contributed by atoms with van der Waals surface area (Å²) in [5.41, 5.74) is 3.60. The Bertz CT molecular complexity index is 944. The van der Waals surface area contributed by atoms with Crippen LogP contribution in [0.4, 0.5) is 15.8 Å². The van der Waals surface area contributed by atoms with Crippen LogP contribution in [0.15, 0.2) is 60.8 Å². The number of nitrogens with zero attached hydrogens (tertiary/aromatic N) is 1. The Kier molecular flexibility index (Phi) is 6.04. The van der Waals surface area contributed by atoms with Crippen molar-refractivity contribution in [1.82, 2.24) is 4.98 Å². The van der Waals surface area contributed by atoms with Gasteiger partial charge in [0.15, 0.2) is 0 Å². The van der Waals surface area contributed by atoms with Crippen LogP contribution in [0.2, 0.25) is 5.02 Å². The van der Waals surface area contributed by atoms with Gasteiger partial charge < -0.3 is 10.6 Å². The summed E-state index contributed by atoms with van der Waals surface area (Å²) < 4.78 is 12.9. The van der Waals surface area contributed by atoms with Crippen molar-refractivity contribution in [2.24, 2.45) is 0 Å². The molecule has 1 aromatic heterocycles. The highest BCUT2D eigenvalue weighted by molar-refractivity contribution is 6.31. The molecule has 3 rings (SSSR count). The zero-order valence-electron chi connectivity index (χ0n) is 14.8. The van der Waals surface area contributed by atoms with Crippen molar-refractivity contribution >= 4 is 28.9 Å². The van der Waals surface area contributed by atoms with Gasteiger partial charge >= 0.3 is 0 Å². The number of carbonyl (C=O) groups is 1. The molecule has 138 valence electrons. The second-order valence-corrected chi connectivity index (χ2v) is 6.51. The quantitative estimate of drug-likeness (QED) is 0.623. The first kappa shape index (κ1) is 18.9. The van der Waals surface area contributed by atoms with Crippen LogP contribution in [-0.2, 0) is 6.42 Å². The molecule has 0 saturated heterocycles. The molecule has 0 aliphatic heterocycles. The summed E-state index contributed by atoms with van der Waals surface area (Å²) in [5.74, 6) is -0.547. The maximum atomic E-state index is 12.9. The van der Waals surface area contributed by atoms with Crippen molar-refractivity contribution in [2.75, 3.05) is 17.2 Å². The lowest BCUT2D eigenvalue weighted by Crippen LogP contribution is -2.15. The molecule has 27 heavy (non-hydrogen) atoms. The van der Waals surface area contributed by atoms with Gasteiger partial charge in [-0.2, -0.15) is 0 Å². The van der Waals surface area contributed by atoms with E-state index in [-0.39, 0.29) is 11.7 Å². The fourth-order valence-electron chi connectivity index (χ4n) is 2.60. The molecule has 6 heteroatoms. The number of halogens is 2. The van der Waals surface area contributed by atoms with E-state index in [0.29, 0.717) is 22.9 Å². The summed E-state index contributed by atoms with van der Waals surface area (Å²) in [6.45, 7) is 2.50. The minimum atomic E-state index is -0.303. The van der Waals surface area contributed by atoms with E-state index >= 15 is 0 Å². The molecule has 0 saturated carbocycles. The van der Waals surface area contributed by atoms with Gasteiger partial charge in [-0.25, -0.2) is 4.39 Å². The zero-order chi connectivity index (χ0) is 19.2. The molecule has 2 N–H and O–H groups in total. The summed E-state index contributed by atoms with van der Waals surface area (Å²) in [7, 11) is 0. The van der Waals surface area contributed by atoms with E-state index in [4.69, 9.17) is 11.6 Å². The third-order valence-electron chi connectivity index (χ3n) is 4.16. The number of aromatic nitrogens is 1. The van der Waals surface area contributed by atoms with Crippen molar-refractivity contribution in [3.8, 4) is 0 Å². The Morgan fingerprint density at radius 1 is 1.15 bits per heavy atom. The maximum Gasteiger partial charge on any atom is 0.274 e. The molecule has 4 nitrogen and oxygen atoms in total. The molecule has 1 heterocycles. The Hall–Kier alpha value is -2.92. The molecule has 0 fully saturated rings. The van der Waals surface area contributed by atoms with E-state index in [0.717, 1.165) is 23.2 Å². The van der Waals surface area contributed by atoms with Gasteiger partial charge in [-0.1, -0.05) is 29.8 Å². The number of carbonyl (C=O) groups excluding carboxylic acids is 1. The van der Waals surface area contributed by atoms with E-state index in [2.05, 4.69) is 15.6 Å². The first-order valence-electron chi connectivity index (χ1n) is 8.54. The van der Waals surface area contributed by atoms with Gasteiger partial charge in [0, 0.05) is 29.1 Å². The highest BCUT2D eigenvalue weighted by Gasteiger charge is 2.11. The summed E-state index contributed by atoms with van der Waals surface area (Å²) in [5, 5.41) is 6.68. The van der Waals surface area contributed by atoms with Crippen LogP contribution in [0.5, 0.6) is 0 Å². The van der Waals surface area contributed by atoms with E-state index in [1.807, 2.05) is 6.92 Å².